The molecule has 5 nitrogen and oxygen atoms in total. The van der Waals surface area contributed by atoms with Crippen LogP contribution in [0.15, 0.2) is 54.6 Å². The average molecular weight is 402 g/mol. The maximum Gasteiger partial charge on any atom is 0.216 e. The summed E-state index contributed by atoms with van der Waals surface area (Å²) in [4.78, 5) is 0. The van der Waals surface area contributed by atoms with Crippen molar-refractivity contribution in [2.45, 2.75) is 24.8 Å². The van der Waals surface area contributed by atoms with Crippen LogP contribution in [0.2, 0.25) is 0 Å². The van der Waals surface area contributed by atoms with Crippen molar-refractivity contribution in [1.82, 2.24) is 9.79 Å². The van der Waals surface area contributed by atoms with Crippen LogP contribution in [-0.4, -0.2) is 42.8 Å². The van der Waals surface area contributed by atoms with E-state index in [9.17, 15) is 18.0 Å². The van der Waals surface area contributed by atoms with E-state index in [0.29, 0.717) is 25.9 Å². The van der Waals surface area contributed by atoms with E-state index < -0.39 is 16.1 Å². The Labute approximate surface area is 165 Å². The fraction of sp³-hybridized carbons (Fsp3) is 0.333. The van der Waals surface area contributed by atoms with Gasteiger partial charge in [0.25, 0.3) is 0 Å². The van der Waals surface area contributed by atoms with Crippen LogP contribution in [0, 0.1) is 17.7 Å². The largest absolute Gasteiger partial charge is 0.316 e. The maximum atomic E-state index is 13.1. The second-order valence-corrected chi connectivity index (χ2v) is 8.83. The first-order chi connectivity index (χ1) is 13.5. The van der Waals surface area contributed by atoms with E-state index in [4.69, 9.17) is 0 Å². The molecule has 0 aliphatic carbocycles. The molecule has 0 radical (unpaired) electrons. The molecule has 28 heavy (non-hydrogen) atoms. The van der Waals surface area contributed by atoms with E-state index in [1.54, 1.807) is 12.1 Å². The van der Waals surface area contributed by atoms with E-state index in [1.807, 2.05) is 35.8 Å². The summed E-state index contributed by atoms with van der Waals surface area (Å²) in [5.74, 6) is 5.28. The standard InChI is InChI=1S/C21H23FN2O3S/c22-20-9-7-18(8-10-20)19-12-14-24(15-13-19)28(26,27)16-21(23-25)11-6-17-4-2-1-3-5-17/h1-5,7-10,19,21,23,25H,12-16H2. The third-order valence-corrected chi connectivity index (χ3v) is 6.79. The molecule has 0 amide bonds. The van der Waals surface area contributed by atoms with E-state index in [2.05, 4.69) is 11.8 Å². The smallest absolute Gasteiger partial charge is 0.216 e. The second kappa shape index (κ2) is 9.30. The van der Waals surface area contributed by atoms with Crippen LogP contribution in [0.5, 0.6) is 0 Å². The molecule has 1 saturated heterocycles. The summed E-state index contributed by atoms with van der Waals surface area (Å²) in [7, 11) is -3.56. The van der Waals surface area contributed by atoms with Gasteiger partial charge in [0.05, 0.1) is 5.75 Å². The highest BCUT2D eigenvalue weighted by atomic mass is 32.2. The van der Waals surface area contributed by atoms with Crippen LogP contribution < -0.4 is 5.48 Å². The molecule has 148 valence electrons. The number of benzene rings is 2. The fourth-order valence-corrected chi connectivity index (χ4v) is 4.88. The SMILES string of the molecule is O=S(=O)(CC(C#Cc1ccccc1)NO)N1CCC(c2ccc(F)cc2)CC1. The summed E-state index contributed by atoms with van der Waals surface area (Å²) in [5, 5.41) is 9.31. The first kappa shape index (κ1) is 20.5. The third-order valence-electron chi connectivity index (χ3n) is 4.89. The molecular formula is C21H23FN2O3S. The van der Waals surface area contributed by atoms with Crippen molar-refractivity contribution in [1.29, 1.82) is 0 Å². The fourth-order valence-electron chi connectivity index (χ4n) is 3.32. The van der Waals surface area contributed by atoms with Gasteiger partial charge < -0.3 is 5.21 Å². The summed E-state index contributed by atoms with van der Waals surface area (Å²) >= 11 is 0. The van der Waals surface area contributed by atoms with Crippen molar-refractivity contribution >= 4 is 10.0 Å². The van der Waals surface area contributed by atoms with Crippen molar-refractivity contribution in [3.63, 3.8) is 0 Å². The summed E-state index contributed by atoms with van der Waals surface area (Å²) in [5.41, 5.74) is 3.77. The Morgan fingerprint density at radius 1 is 1.11 bits per heavy atom. The number of piperidine rings is 1. The van der Waals surface area contributed by atoms with E-state index in [0.717, 1.165) is 11.1 Å². The predicted molar refractivity (Wildman–Crippen MR) is 106 cm³/mol. The molecule has 0 aromatic heterocycles. The minimum absolute atomic E-state index is 0.219. The zero-order chi connectivity index (χ0) is 20.0. The Morgan fingerprint density at radius 3 is 2.36 bits per heavy atom. The number of sulfonamides is 1. The normalized spacial score (nSPS) is 16.9. The van der Waals surface area contributed by atoms with Crippen LogP contribution in [0.1, 0.15) is 29.9 Å². The molecule has 0 saturated carbocycles. The topological polar surface area (TPSA) is 69.6 Å². The molecule has 1 heterocycles. The minimum atomic E-state index is -3.56. The van der Waals surface area contributed by atoms with Gasteiger partial charge in [0.2, 0.25) is 10.0 Å². The van der Waals surface area contributed by atoms with Crippen LogP contribution in [-0.2, 0) is 10.0 Å². The molecule has 1 atom stereocenters. The Kier molecular flexibility index (Phi) is 6.81. The van der Waals surface area contributed by atoms with Gasteiger partial charge in [-0.2, -0.15) is 5.48 Å². The number of hydrogen-bond acceptors (Lipinski definition) is 4. The maximum absolute atomic E-state index is 13.1. The Balaban J connectivity index is 1.60. The zero-order valence-corrected chi connectivity index (χ0v) is 16.2. The molecule has 1 aliphatic rings. The molecule has 0 spiro atoms. The van der Waals surface area contributed by atoms with E-state index in [1.165, 1.54) is 16.4 Å². The molecular weight excluding hydrogens is 379 g/mol. The molecule has 1 fully saturated rings. The lowest BCUT2D eigenvalue weighted by atomic mass is 9.90. The Hall–Kier alpha value is -2.24. The van der Waals surface area contributed by atoms with Gasteiger partial charge in [-0.3, -0.25) is 0 Å². The van der Waals surface area contributed by atoms with Crippen LogP contribution in [0.4, 0.5) is 4.39 Å². The first-order valence-electron chi connectivity index (χ1n) is 9.17. The van der Waals surface area contributed by atoms with Crippen LogP contribution >= 0.6 is 0 Å². The van der Waals surface area contributed by atoms with Crippen molar-refractivity contribution in [3.05, 3.63) is 71.5 Å². The Morgan fingerprint density at radius 2 is 1.75 bits per heavy atom. The van der Waals surface area contributed by atoms with Gasteiger partial charge in [0.1, 0.15) is 11.9 Å². The molecule has 3 rings (SSSR count). The first-order valence-corrected chi connectivity index (χ1v) is 10.8. The number of hydrogen-bond donors (Lipinski definition) is 2. The highest BCUT2D eigenvalue weighted by Gasteiger charge is 2.30. The molecule has 1 aliphatic heterocycles. The van der Waals surface area contributed by atoms with E-state index >= 15 is 0 Å². The van der Waals surface area contributed by atoms with Crippen molar-refractivity contribution in [2.24, 2.45) is 0 Å². The third kappa shape index (κ3) is 5.40. The number of nitrogens with one attached hydrogen (secondary N) is 1. The summed E-state index contributed by atoms with van der Waals surface area (Å²) in [6.45, 7) is 0.795. The molecule has 2 aromatic carbocycles. The lowest BCUT2D eigenvalue weighted by Crippen LogP contribution is -2.43. The molecule has 0 bridgehead atoms. The van der Waals surface area contributed by atoms with Crippen LogP contribution in [0.3, 0.4) is 0 Å². The number of halogens is 1. The van der Waals surface area contributed by atoms with Gasteiger partial charge in [0, 0.05) is 18.7 Å². The quantitative estimate of drug-likeness (QED) is 0.596. The molecule has 2 N–H and O–H groups in total. The van der Waals surface area contributed by atoms with Crippen molar-refractivity contribution < 1.29 is 18.0 Å². The average Bonchev–Trinajstić information content (AvgIpc) is 2.72. The highest BCUT2D eigenvalue weighted by Crippen LogP contribution is 2.29. The number of hydroxylamine groups is 1. The van der Waals surface area contributed by atoms with Gasteiger partial charge in [-0.1, -0.05) is 42.2 Å². The number of rotatable bonds is 5. The second-order valence-electron chi connectivity index (χ2n) is 6.82. The van der Waals surface area contributed by atoms with Gasteiger partial charge in [-0.25, -0.2) is 17.1 Å². The minimum Gasteiger partial charge on any atom is -0.316 e. The molecule has 1 unspecified atom stereocenters. The summed E-state index contributed by atoms with van der Waals surface area (Å²) < 4.78 is 39.9. The lowest BCUT2D eigenvalue weighted by molar-refractivity contribution is 0.152. The predicted octanol–water partition coefficient (Wildman–Crippen LogP) is 2.73. The van der Waals surface area contributed by atoms with Crippen molar-refractivity contribution in [2.75, 3.05) is 18.8 Å². The van der Waals surface area contributed by atoms with Gasteiger partial charge >= 0.3 is 0 Å². The van der Waals surface area contributed by atoms with E-state index in [-0.39, 0.29) is 17.5 Å². The van der Waals surface area contributed by atoms with Gasteiger partial charge in [-0.05, 0) is 48.6 Å². The monoisotopic (exact) mass is 402 g/mol. The Bertz CT molecular complexity index is 929. The lowest BCUT2D eigenvalue weighted by Gasteiger charge is -2.32. The molecule has 7 heteroatoms. The summed E-state index contributed by atoms with van der Waals surface area (Å²) in [6.07, 6.45) is 1.36. The van der Waals surface area contributed by atoms with Crippen LogP contribution in [0.25, 0.3) is 0 Å². The molecule has 2 aromatic rings. The zero-order valence-electron chi connectivity index (χ0n) is 15.4. The highest BCUT2D eigenvalue weighted by molar-refractivity contribution is 7.89. The summed E-state index contributed by atoms with van der Waals surface area (Å²) in [6, 6.07) is 14.7. The van der Waals surface area contributed by atoms with Gasteiger partial charge in [-0.15, -0.1) is 0 Å². The van der Waals surface area contributed by atoms with Gasteiger partial charge in [0.15, 0.2) is 0 Å². The number of nitrogens with zero attached hydrogens (tertiary/aromatic N) is 1. The van der Waals surface area contributed by atoms with Crippen molar-refractivity contribution in [3.8, 4) is 11.8 Å².